The molecule has 6 nitrogen and oxygen atoms in total. The van der Waals surface area contributed by atoms with Crippen LogP contribution in [0.25, 0.3) is 0 Å². The van der Waals surface area contributed by atoms with Gasteiger partial charge in [0, 0.05) is 23.9 Å². The molecule has 0 bridgehead atoms. The van der Waals surface area contributed by atoms with Gasteiger partial charge in [-0.3, -0.25) is 15.6 Å². The maximum absolute atomic E-state index is 12.0. The zero-order valence-electron chi connectivity index (χ0n) is 14.4. The normalized spacial score (nSPS) is 14.5. The molecule has 0 aliphatic heterocycles. The van der Waals surface area contributed by atoms with Gasteiger partial charge < -0.3 is 5.32 Å². The number of aromatic nitrogens is 2. The number of rotatable bonds is 5. The molecule has 0 radical (unpaired) electrons. The predicted octanol–water partition coefficient (Wildman–Crippen LogP) is 2.19. The van der Waals surface area contributed by atoms with E-state index in [0.29, 0.717) is 24.0 Å². The molecule has 0 atom stereocenters. The Kier molecular flexibility index (Phi) is 7.23. The minimum atomic E-state index is -0.0988. The SMILES string of the molecule is CSc1nc(C)c(CCC(=O)NNC(=S)NC2CCCC2)c(C)n1. The van der Waals surface area contributed by atoms with Gasteiger partial charge in [-0.2, -0.15) is 0 Å². The van der Waals surface area contributed by atoms with Crippen molar-refractivity contribution in [3.8, 4) is 0 Å². The second-order valence-corrected chi connectivity index (χ2v) is 7.17. The van der Waals surface area contributed by atoms with Crippen LogP contribution in [0.2, 0.25) is 0 Å². The van der Waals surface area contributed by atoms with Gasteiger partial charge >= 0.3 is 0 Å². The molecule has 8 heteroatoms. The van der Waals surface area contributed by atoms with E-state index in [1.54, 1.807) is 0 Å². The third-order valence-electron chi connectivity index (χ3n) is 4.19. The van der Waals surface area contributed by atoms with Crippen molar-refractivity contribution in [2.75, 3.05) is 6.26 Å². The second kappa shape index (κ2) is 9.17. The molecule has 132 valence electrons. The van der Waals surface area contributed by atoms with Gasteiger partial charge in [0.1, 0.15) is 0 Å². The smallest absolute Gasteiger partial charge is 0.238 e. The van der Waals surface area contributed by atoms with Crippen LogP contribution in [0, 0.1) is 13.8 Å². The standard InChI is InChI=1S/C16H25N5OS2/c1-10-13(11(2)18-16(17-10)24-3)8-9-14(22)20-21-15(23)19-12-6-4-5-7-12/h12H,4-9H2,1-3H3,(H,20,22)(H2,19,21,23). The fourth-order valence-electron chi connectivity index (χ4n) is 2.88. The lowest BCUT2D eigenvalue weighted by Gasteiger charge is -2.16. The van der Waals surface area contributed by atoms with E-state index < -0.39 is 0 Å². The number of amides is 1. The molecule has 0 unspecified atom stereocenters. The average Bonchev–Trinajstić information content (AvgIpc) is 3.04. The Morgan fingerprint density at radius 1 is 1.21 bits per heavy atom. The van der Waals surface area contributed by atoms with Crippen molar-refractivity contribution in [3.63, 3.8) is 0 Å². The predicted molar refractivity (Wildman–Crippen MR) is 101 cm³/mol. The van der Waals surface area contributed by atoms with Crippen molar-refractivity contribution >= 4 is 35.0 Å². The van der Waals surface area contributed by atoms with E-state index in [0.717, 1.165) is 34.9 Å². The molecule has 0 aromatic carbocycles. The van der Waals surface area contributed by atoms with E-state index in [4.69, 9.17) is 12.2 Å². The first-order valence-electron chi connectivity index (χ1n) is 8.23. The van der Waals surface area contributed by atoms with Crippen molar-refractivity contribution in [1.82, 2.24) is 26.1 Å². The molecule has 1 aromatic heterocycles. The molecule has 0 spiro atoms. The van der Waals surface area contributed by atoms with Crippen LogP contribution in [-0.2, 0) is 11.2 Å². The molecule has 1 heterocycles. The second-order valence-electron chi connectivity index (χ2n) is 5.99. The fourth-order valence-corrected chi connectivity index (χ4v) is 3.56. The zero-order chi connectivity index (χ0) is 17.5. The van der Waals surface area contributed by atoms with Crippen molar-refractivity contribution < 1.29 is 4.79 Å². The summed E-state index contributed by atoms with van der Waals surface area (Å²) >= 11 is 6.72. The summed E-state index contributed by atoms with van der Waals surface area (Å²) in [6, 6.07) is 0.430. The molecular weight excluding hydrogens is 342 g/mol. The first kappa shape index (κ1) is 18.9. The maximum Gasteiger partial charge on any atom is 0.238 e. The number of thioether (sulfide) groups is 1. The molecule has 1 aromatic rings. The van der Waals surface area contributed by atoms with Crippen molar-refractivity contribution in [2.24, 2.45) is 0 Å². The summed E-state index contributed by atoms with van der Waals surface area (Å²) in [6.07, 6.45) is 7.69. The molecule has 3 N–H and O–H groups in total. The molecule has 0 saturated heterocycles. The molecule has 24 heavy (non-hydrogen) atoms. The van der Waals surface area contributed by atoms with Crippen LogP contribution in [-0.4, -0.2) is 33.3 Å². The van der Waals surface area contributed by atoms with Gasteiger partial charge in [-0.1, -0.05) is 24.6 Å². The Hall–Kier alpha value is -1.41. The highest BCUT2D eigenvalue weighted by molar-refractivity contribution is 7.98. The Labute approximate surface area is 153 Å². The van der Waals surface area contributed by atoms with Crippen LogP contribution in [0.3, 0.4) is 0 Å². The first-order valence-corrected chi connectivity index (χ1v) is 9.86. The Balaban J connectivity index is 1.75. The van der Waals surface area contributed by atoms with Gasteiger partial charge in [0.25, 0.3) is 0 Å². The molecule has 1 aliphatic rings. The quantitative estimate of drug-likeness (QED) is 0.319. The molecule has 2 rings (SSSR count). The number of carbonyl (C=O) groups excluding carboxylic acids is 1. The summed E-state index contributed by atoms with van der Waals surface area (Å²) in [5.74, 6) is -0.0988. The van der Waals surface area contributed by atoms with Crippen molar-refractivity contribution in [3.05, 3.63) is 17.0 Å². The molecule has 1 fully saturated rings. The van der Waals surface area contributed by atoms with Gasteiger partial charge in [0.2, 0.25) is 5.91 Å². The zero-order valence-corrected chi connectivity index (χ0v) is 16.1. The van der Waals surface area contributed by atoms with Crippen LogP contribution in [0.1, 0.15) is 49.1 Å². The van der Waals surface area contributed by atoms with Crippen LogP contribution in [0.5, 0.6) is 0 Å². The van der Waals surface area contributed by atoms with Gasteiger partial charge in [0.05, 0.1) is 0 Å². The van der Waals surface area contributed by atoms with E-state index in [-0.39, 0.29) is 5.91 Å². The Morgan fingerprint density at radius 3 is 2.42 bits per heavy atom. The van der Waals surface area contributed by atoms with Gasteiger partial charge in [-0.15, -0.1) is 0 Å². The molecule has 1 amide bonds. The highest BCUT2D eigenvalue weighted by atomic mass is 32.2. The van der Waals surface area contributed by atoms with E-state index in [2.05, 4.69) is 26.1 Å². The number of nitrogens with zero attached hydrogens (tertiary/aromatic N) is 2. The highest BCUT2D eigenvalue weighted by Gasteiger charge is 2.15. The lowest BCUT2D eigenvalue weighted by molar-refractivity contribution is -0.121. The third kappa shape index (κ3) is 5.59. The van der Waals surface area contributed by atoms with Crippen LogP contribution in [0.15, 0.2) is 5.16 Å². The Bertz CT molecular complexity index is 579. The number of hydrogen-bond acceptors (Lipinski definition) is 5. The largest absolute Gasteiger partial charge is 0.359 e. The van der Waals surface area contributed by atoms with Crippen molar-refractivity contribution in [2.45, 2.75) is 63.6 Å². The third-order valence-corrected chi connectivity index (χ3v) is 4.96. The van der Waals surface area contributed by atoms with Crippen LogP contribution >= 0.6 is 24.0 Å². The van der Waals surface area contributed by atoms with Gasteiger partial charge in [-0.25, -0.2) is 9.97 Å². The first-order chi connectivity index (χ1) is 11.5. The number of nitrogens with one attached hydrogen (secondary N) is 3. The summed E-state index contributed by atoms with van der Waals surface area (Å²) in [5, 5.41) is 4.47. The van der Waals surface area contributed by atoms with E-state index in [1.807, 2.05) is 20.1 Å². The van der Waals surface area contributed by atoms with Gasteiger partial charge in [-0.05, 0) is 57.1 Å². The monoisotopic (exact) mass is 367 g/mol. The summed E-state index contributed by atoms with van der Waals surface area (Å²) in [7, 11) is 0. The number of aryl methyl sites for hydroxylation is 2. The summed E-state index contributed by atoms with van der Waals surface area (Å²) < 4.78 is 0. The molecule has 1 saturated carbocycles. The summed E-state index contributed by atoms with van der Waals surface area (Å²) in [6.45, 7) is 3.92. The van der Waals surface area contributed by atoms with Crippen LogP contribution in [0.4, 0.5) is 0 Å². The van der Waals surface area contributed by atoms with Crippen LogP contribution < -0.4 is 16.2 Å². The van der Waals surface area contributed by atoms with Gasteiger partial charge in [0.15, 0.2) is 10.3 Å². The van der Waals surface area contributed by atoms with E-state index >= 15 is 0 Å². The Morgan fingerprint density at radius 2 is 1.83 bits per heavy atom. The lowest BCUT2D eigenvalue weighted by atomic mass is 10.1. The minimum Gasteiger partial charge on any atom is -0.359 e. The minimum absolute atomic E-state index is 0.0988. The number of hydrazine groups is 1. The molecular formula is C16H25N5OS2. The number of hydrogen-bond donors (Lipinski definition) is 3. The van der Waals surface area contributed by atoms with Crippen molar-refractivity contribution in [1.29, 1.82) is 0 Å². The van der Waals surface area contributed by atoms with E-state index in [1.165, 1.54) is 24.6 Å². The van der Waals surface area contributed by atoms with E-state index in [9.17, 15) is 4.79 Å². The maximum atomic E-state index is 12.0. The summed E-state index contributed by atoms with van der Waals surface area (Å²) in [5.41, 5.74) is 8.34. The summed E-state index contributed by atoms with van der Waals surface area (Å²) in [4.78, 5) is 20.9. The molecule has 1 aliphatic carbocycles. The number of carbonyl (C=O) groups is 1. The fraction of sp³-hybridized carbons (Fsp3) is 0.625. The number of thiocarbonyl (C=S) groups is 1. The highest BCUT2D eigenvalue weighted by Crippen LogP contribution is 2.18. The average molecular weight is 368 g/mol. The lowest BCUT2D eigenvalue weighted by Crippen LogP contribution is -2.49. The topological polar surface area (TPSA) is 78.9 Å².